The Balaban J connectivity index is 1.51. The maximum Gasteiger partial charge on any atom is 0.341 e. The Bertz CT molecular complexity index is 1440. The fraction of sp³-hybridized carbons (Fsp3) is 0.214. The van der Waals surface area contributed by atoms with Gasteiger partial charge in [0, 0.05) is 28.1 Å². The van der Waals surface area contributed by atoms with E-state index in [1.165, 1.54) is 35.8 Å². The van der Waals surface area contributed by atoms with Crippen molar-refractivity contribution in [3.05, 3.63) is 82.7 Å². The van der Waals surface area contributed by atoms with Gasteiger partial charge < -0.3 is 10.1 Å². The van der Waals surface area contributed by atoms with E-state index in [9.17, 15) is 9.59 Å². The molecule has 0 atom stereocenters. The van der Waals surface area contributed by atoms with Crippen molar-refractivity contribution < 1.29 is 14.3 Å². The summed E-state index contributed by atoms with van der Waals surface area (Å²) in [6, 6.07) is 15.4. The van der Waals surface area contributed by atoms with Crippen LogP contribution in [0.3, 0.4) is 0 Å². The minimum Gasteiger partial charge on any atom is -0.465 e. The van der Waals surface area contributed by atoms with Gasteiger partial charge in [0.2, 0.25) is 5.91 Å². The number of ether oxygens (including phenoxy) is 1. The third-order valence-electron chi connectivity index (χ3n) is 5.79. The van der Waals surface area contributed by atoms with Crippen molar-refractivity contribution >= 4 is 51.6 Å². The summed E-state index contributed by atoms with van der Waals surface area (Å²) >= 11 is 8.54. The number of amides is 1. The summed E-state index contributed by atoms with van der Waals surface area (Å²) in [4.78, 5) is 25.5. The Morgan fingerprint density at radius 1 is 1.13 bits per heavy atom. The van der Waals surface area contributed by atoms with Crippen molar-refractivity contribution in [2.24, 2.45) is 0 Å². The monoisotopic (exact) mass is 566 g/mol. The first-order chi connectivity index (χ1) is 18.3. The second-order valence-electron chi connectivity index (χ2n) is 8.67. The number of allylic oxidation sites excluding steroid dienone is 1. The van der Waals surface area contributed by atoms with Crippen molar-refractivity contribution in [1.29, 1.82) is 0 Å². The summed E-state index contributed by atoms with van der Waals surface area (Å²) in [5, 5.41) is 15.0. The number of hydrogen-bond acceptors (Lipinski definition) is 7. The van der Waals surface area contributed by atoms with E-state index in [0.29, 0.717) is 44.6 Å². The third-order valence-corrected chi connectivity index (χ3v) is 7.90. The summed E-state index contributed by atoms with van der Waals surface area (Å²) in [5.41, 5.74) is 3.96. The molecule has 38 heavy (non-hydrogen) atoms. The SMILES string of the molecule is C=CCn1c(SCC(=O)Nc2scc(-c3ccc(Cl)cc3)c2C(=O)OC)nnc1-c1ccc(C(C)C)cc1. The van der Waals surface area contributed by atoms with Gasteiger partial charge in [0.1, 0.15) is 10.6 Å². The second kappa shape index (κ2) is 12.4. The lowest BCUT2D eigenvalue weighted by Crippen LogP contribution is -2.16. The minimum atomic E-state index is -0.530. The maximum atomic E-state index is 12.9. The quantitative estimate of drug-likeness (QED) is 0.125. The van der Waals surface area contributed by atoms with Crippen LogP contribution in [0.1, 0.15) is 35.7 Å². The first-order valence-corrected chi connectivity index (χ1v) is 14.1. The van der Waals surface area contributed by atoms with E-state index in [1.54, 1.807) is 18.2 Å². The zero-order valence-electron chi connectivity index (χ0n) is 21.2. The van der Waals surface area contributed by atoms with Gasteiger partial charge in [-0.2, -0.15) is 0 Å². The number of carbonyl (C=O) groups excluding carboxylic acids is 2. The molecule has 0 aliphatic carbocycles. The molecule has 2 aromatic heterocycles. The first kappa shape index (κ1) is 27.6. The van der Waals surface area contributed by atoms with Crippen molar-refractivity contribution in [3.63, 3.8) is 0 Å². The van der Waals surface area contributed by atoms with Crippen LogP contribution in [0, 0.1) is 0 Å². The zero-order valence-corrected chi connectivity index (χ0v) is 23.6. The average molecular weight is 567 g/mol. The highest BCUT2D eigenvalue weighted by Gasteiger charge is 2.23. The van der Waals surface area contributed by atoms with Gasteiger partial charge in [0.05, 0.1) is 12.9 Å². The summed E-state index contributed by atoms with van der Waals surface area (Å²) in [6.45, 7) is 8.65. The van der Waals surface area contributed by atoms with Crippen molar-refractivity contribution in [1.82, 2.24) is 14.8 Å². The summed E-state index contributed by atoms with van der Waals surface area (Å²) < 4.78 is 6.92. The van der Waals surface area contributed by atoms with Crippen molar-refractivity contribution in [2.75, 3.05) is 18.2 Å². The molecule has 2 aromatic carbocycles. The topological polar surface area (TPSA) is 86.1 Å². The van der Waals surface area contributed by atoms with Crippen LogP contribution >= 0.6 is 34.7 Å². The Labute approximate surface area is 234 Å². The number of halogens is 1. The fourth-order valence-corrected chi connectivity index (χ4v) is 5.66. The molecule has 7 nitrogen and oxygen atoms in total. The van der Waals surface area contributed by atoms with Gasteiger partial charge in [-0.3, -0.25) is 9.36 Å². The number of thiophene rings is 1. The van der Waals surface area contributed by atoms with Crippen LogP contribution in [-0.2, 0) is 16.1 Å². The van der Waals surface area contributed by atoms with Gasteiger partial charge in [-0.1, -0.05) is 79.7 Å². The van der Waals surface area contributed by atoms with Crippen LogP contribution in [-0.4, -0.2) is 39.5 Å². The molecular weight excluding hydrogens is 540 g/mol. The van der Waals surface area contributed by atoms with E-state index in [0.717, 1.165) is 11.1 Å². The first-order valence-electron chi connectivity index (χ1n) is 11.8. The van der Waals surface area contributed by atoms with Crippen LogP contribution < -0.4 is 5.32 Å². The number of aromatic nitrogens is 3. The largest absolute Gasteiger partial charge is 0.465 e. The highest BCUT2D eigenvalue weighted by molar-refractivity contribution is 7.99. The van der Waals surface area contributed by atoms with E-state index in [2.05, 4.69) is 48.1 Å². The second-order valence-corrected chi connectivity index (χ2v) is 10.9. The number of esters is 1. The number of nitrogens with one attached hydrogen (secondary N) is 1. The molecule has 0 aliphatic rings. The maximum absolute atomic E-state index is 12.9. The van der Waals surface area contributed by atoms with E-state index in [1.807, 2.05) is 34.2 Å². The Morgan fingerprint density at radius 3 is 2.45 bits per heavy atom. The van der Waals surface area contributed by atoms with Crippen LogP contribution in [0.5, 0.6) is 0 Å². The van der Waals surface area contributed by atoms with Gasteiger partial charge in [0.25, 0.3) is 0 Å². The van der Waals surface area contributed by atoms with E-state index < -0.39 is 5.97 Å². The van der Waals surface area contributed by atoms with Crippen LogP contribution in [0.2, 0.25) is 5.02 Å². The lowest BCUT2D eigenvalue weighted by molar-refractivity contribution is -0.113. The Morgan fingerprint density at radius 2 is 1.82 bits per heavy atom. The predicted molar refractivity (Wildman–Crippen MR) is 155 cm³/mol. The standard InChI is InChI=1S/C28H27ClN4O3S2/c1-5-14-33-25(20-8-6-18(7-9-20)17(2)3)31-32-28(33)38-16-23(34)30-26-24(27(35)36-4)22(15-37-26)19-10-12-21(29)13-11-19/h5-13,15,17H,1,14,16H2,2-4H3,(H,30,34). The molecule has 0 radical (unpaired) electrons. The molecular formula is C28H27ClN4O3S2. The molecule has 1 N–H and O–H groups in total. The van der Waals surface area contributed by atoms with E-state index in [-0.39, 0.29) is 11.7 Å². The van der Waals surface area contributed by atoms with Gasteiger partial charge in [-0.05, 0) is 29.2 Å². The third kappa shape index (κ3) is 6.18. The van der Waals surface area contributed by atoms with Gasteiger partial charge in [0.15, 0.2) is 11.0 Å². The molecule has 0 unspecified atom stereocenters. The summed E-state index contributed by atoms with van der Waals surface area (Å²) in [6.07, 6.45) is 1.77. The van der Waals surface area contributed by atoms with Crippen LogP contribution in [0.4, 0.5) is 5.00 Å². The molecule has 4 aromatic rings. The molecule has 0 aliphatic heterocycles. The molecule has 2 heterocycles. The number of carbonyl (C=O) groups is 2. The number of anilines is 1. The molecule has 0 spiro atoms. The highest BCUT2D eigenvalue weighted by atomic mass is 35.5. The summed E-state index contributed by atoms with van der Waals surface area (Å²) in [7, 11) is 1.31. The number of thioether (sulfide) groups is 1. The van der Waals surface area contributed by atoms with Gasteiger partial charge >= 0.3 is 5.97 Å². The van der Waals surface area contributed by atoms with Crippen LogP contribution in [0.25, 0.3) is 22.5 Å². The zero-order chi connectivity index (χ0) is 27.2. The lowest BCUT2D eigenvalue weighted by Gasteiger charge is -2.10. The molecule has 196 valence electrons. The molecule has 10 heteroatoms. The normalized spacial score (nSPS) is 11.0. The predicted octanol–water partition coefficient (Wildman–Crippen LogP) is 7.15. The molecule has 0 fully saturated rings. The molecule has 0 saturated heterocycles. The van der Waals surface area contributed by atoms with E-state index in [4.69, 9.17) is 16.3 Å². The molecule has 4 rings (SSSR count). The van der Waals surface area contributed by atoms with Crippen molar-refractivity contribution in [3.8, 4) is 22.5 Å². The number of hydrogen-bond donors (Lipinski definition) is 1. The molecule has 0 saturated carbocycles. The number of rotatable bonds is 10. The van der Waals surface area contributed by atoms with Gasteiger partial charge in [-0.25, -0.2) is 4.79 Å². The van der Waals surface area contributed by atoms with E-state index >= 15 is 0 Å². The summed E-state index contributed by atoms with van der Waals surface area (Å²) in [5.74, 6) is 0.418. The Hall–Kier alpha value is -3.40. The number of benzene rings is 2. The number of nitrogens with zero attached hydrogens (tertiary/aromatic N) is 3. The molecule has 0 bridgehead atoms. The minimum absolute atomic E-state index is 0.0797. The van der Waals surface area contributed by atoms with Crippen molar-refractivity contribution in [2.45, 2.75) is 31.5 Å². The van der Waals surface area contributed by atoms with Crippen LogP contribution in [0.15, 0.2) is 71.7 Å². The van der Waals surface area contributed by atoms with Gasteiger partial charge in [-0.15, -0.1) is 28.1 Å². The highest BCUT2D eigenvalue weighted by Crippen LogP contribution is 2.37. The Kier molecular flexibility index (Phi) is 9.04. The fourth-order valence-electron chi connectivity index (χ4n) is 3.81. The number of methoxy groups -OCH3 is 1. The smallest absolute Gasteiger partial charge is 0.341 e. The molecule has 1 amide bonds. The lowest BCUT2D eigenvalue weighted by atomic mass is 10.0. The average Bonchev–Trinajstić information content (AvgIpc) is 3.52.